The number of benzene rings is 1. The summed E-state index contributed by atoms with van der Waals surface area (Å²) in [4.78, 5) is 0. The first-order valence-electron chi connectivity index (χ1n) is 6.69. The zero-order chi connectivity index (χ0) is 14.7. The molecule has 4 nitrogen and oxygen atoms in total. The third kappa shape index (κ3) is 2.67. The molecule has 20 heavy (non-hydrogen) atoms. The van der Waals surface area contributed by atoms with Gasteiger partial charge in [0.25, 0.3) is 0 Å². The van der Waals surface area contributed by atoms with E-state index < -0.39 is 6.04 Å². The van der Waals surface area contributed by atoms with Crippen molar-refractivity contribution >= 4 is 0 Å². The van der Waals surface area contributed by atoms with Gasteiger partial charge in [-0.15, -0.1) is 0 Å². The molecule has 2 N–H and O–H groups in total. The second-order valence-corrected chi connectivity index (χ2v) is 4.82. The SMILES string of the molecule is CCCn1ncc(OC)c1C(N)c1ccc(C)cc1F. The van der Waals surface area contributed by atoms with E-state index in [2.05, 4.69) is 12.0 Å². The van der Waals surface area contributed by atoms with Crippen LogP contribution in [0, 0.1) is 12.7 Å². The maximum atomic E-state index is 14.1. The summed E-state index contributed by atoms with van der Waals surface area (Å²) in [6.45, 7) is 4.62. The number of rotatable bonds is 5. The molecule has 2 rings (SSSR count). The number of nitrogens with two attached hydrogens (primary N) is 1. The van der Waals surface area contributed by atoms with Crippen molar-refractivity contribution in [3.8, 4) is 5.75 Å². The van der Waals surface area contributed by atoms with E-state index in [9.17, 15) is 4.39 Å². The molecule has 0 amide bonds. The van der Waals surface area contributed by atoms with E-state index in [0.717, 1.165) is 18.5 Å². The highest BCUT2D eigenvalue weighted by molar-refractivity contribution is 5.37. The molecule has 108 valence electrons. The Bertz CT molecular complexity index is 595. The topological polar surface area (TPSA) is 53.1 Å². The van der Waals surface area contributed by atoms with Crippen LogP contribution in [0.3, 0.4) is 0 Å². The highest BCUT2D eigenvalue weighted by atomic mass is 19.1. The molecule has 0 saturated carbocycles. The number of nitrogens with zero attached hydrogens (tertiary/aromatic N) is 2. The average Bonchev–Trinajstić information content (AvgIpc) is 2.81. The van der Waals surface area contributed by atoms with Crippen molar-refractivity contribution in [1.82, 2.24) is 9.78 Å². The van der Waals surface area contributed by atoms with Crippen molar-refractivity contribution in [2.24, 2.45) is 5.73 Å². The molecule has 0 aliphatic carbocycles. The fourth-order valence-electron chi connectivity index (χ4n) is 2.27. The molecule has 1 aromatic carbocycles. The van der Waals surface area contributed by atoms with Crippen LogP contribution in [0.1, 0.15) is 36.2 Å². The molecular formula is C15H20FN3O. The van der Waals surface area contributed by atoms with Crippen LogP contribution in [0.4, 0.5) is 4.39 Å². The van der Waals surface area contributed by atoms with Crippen LogP contribution in [-0.2, 0) is 6.54 Å². The Morgan fingerprint density at radius 2 is 2.20 bits per heavy atom. The number of hydrogen-bond donors (Lipinski definition) is 1. The minimum absolute atomic E-state index is 0.302. The predicted molar refractivity (Wildman–Crippen MR) is 76.2 cm³/mol. The molecule has 2 aromatic rings. The lowest BCUT2D eigenvalue weighted by Gasteiger charge is -2.17. The Balaban J connectivity index is 2.46. The van der Waals surface area contributed by atoms with Gasteiger partial charge in [0.2, 0.25) is 0 Å². The highest BCUT2D eigenvalue weighted by Gasteiger charge is 2.22. The predicted octanol–water partition coefficient (Wildman–Crippen LogP) is 2.80. The summed E-state index contributed by atoms with van der Waals surface area (Å²) < 4.78 is 21.2. The Kier molecular flexibility index (Phi) is 4.39. The minimum Gasteiger partial charge on any atom is -0.493 e. The third-order valence-corrected chi connectivity index (χ3v) is 3.29. The molecule has 1 heterocycles. The van der Waals surface area contributed by atoms with Crippen LogP contribution in [-0.4, -0.2) is 16.9 Å². The van der Waals surface area contributed by atoms with Gasteiger partial charge in [0.05, 0.1) is 19.3 Å². The van der Waals surface area contributed by atoms with Crippen molar-refractivity contribution in [2.45, 2.75) is 32.9 Å². The van der Waals surface area contributed by atoms with Gasteiger partial charge in [-0.1, -0.05) is 19.1 Å². The van der Waals surface area contributed by atoms with Crippen molar-refractivity contribution in [3.05, 3.63) is 47.0 Å². The van der Waals surface area contributed by atoms with E-state index in [1.165, 1.54) is 6.07 Å². The molecule has 0 fully saturated rings. The molecular weight excluding hydrogens is 257 g/mol. The van der Waals surface area contributed by atoms with Gasteiger partial charge in [-0.3, -0.25) is 4.68 Å². The smallest absolute Gasteiger partial charge is 0.161 e. The van der Waals surface area contributed by atoms with E-state index >= 15 is 0 Å². The van der Waals surface area contributed by atoms with Gasteiger partial charge in [0.1, 0.15) is 11.5 Å². The van der Waals surface area contributed by atoms with Gasteiger partial charge in [-0.25, -0.2) is 4.39 Å². The van der Waals surface area contributed by atoms with Gasteiger partial charge >= 0.3 is 0 Å². The van der Waals surface area contributed by atoms with Crippen LogP contribution in [0.2, 0.25) is 0 Å². The molecule has 0 aliphatic heterocycles. The van der Waals surface area contributed by atoms with E-state index in [-0.39, 0.29) is 5.82 Å². The zero-order valence-electron chi connectivity index (χ0n) is 12.1. The van der Waals surface area contributed by atoms with Gasteiger partial charge < -0.3 is 10.5 Å². The zero-order valence-corrected chi connectivity index (χ0v) is 12.1. The maximum Gasteiger partial charge on any atom is 0.161 e. The summed E-state index contributed by atoms with van der Waals surface area (Å²) in [6.07, 6.45) is 2.54. The molecule has 0 spiro atoms. The standard InChI is InChI=1S/C15H20FN3O/c1-4-7-19-15(13(20-3)9-18-19)14(17)11-6-5-10(2)8-12(11)16/h5-6,8-9,14H,4,7,17H2,1-3H3. The molecule has 0 radical (unpaired) electrons. The fourth-order valence-corrected chi connectivity index (χ4v) is 2.27. The molecule has 1 unspecified atom stereocenters. The van der Waals surface area contributed by atoms with E-state index in [1.54, 1.807) is 24.1 Å². The van der Waals surface area contributed by atoms with E-state index in [1.807, 2.05) is 13.0 Å². The van der Waals surface area contributed by atoms with Crippen molar-refractivity contribution in [3.63, 3.8) is 0 Å². The molecule has 0 bridgehead atoms. The van der Waals surface area contributed by atoms with Crippen molar-refractivity contribution in [1.29, 1.82) is 0 Å². The van der Waals surface area contributed by atoms with E-state index in [0.29, 0.717) is 17.0 Å². The van der Waals surface area contributed by atoms with Crippen LogP contribution in [0.25, 0.3) is 0 Å². The Hall–Kier alpha value is -1.88. The van der Waals surface area contributed by atoms with Crippen LogP contribution in [0.15, 0.2) is 24.4 Å². The van der Waals surface area contributed by atoms with Gasteiger partial charge in [0.15, 0.2) is 5.75 Å². The summed E-state index contributed by atoms with van der Waals surface area (Å²) >= 11 is 0. The summed E-state index contributed by atoms with van der Waals surface area (Å²) in [5, 5.41) is 4.26. The number of aryl methyl sites for hydroxylation is 2. The van der Waals surface area contributed by atoms with E-state index in [4.69, 9.17) is 10.5 Å². The van der Waals surface area contributed by atoms with Crippen molar-refractivity contribution in [2.75, 3.05) is 7.11 Å². The largest absolute Gasteiger partial charge is 0.493 e. The lowest BCUT2D eigenvalue weighted by molar-refractivity contribution is 0.403. The summed E-state index contributed by atoms with van der Waals surface area (Å²) in [6, 6.07) is 4.46. The van der Waals surface area contributed by atoms with Crippen molar-refractivity contribution < 1.29 is 9.13 Å². The first-order valence-corrected chi connectivity index (χ1v) is 6.69. The summed E-state index contributed by atoms with van der Waals surface area (Å²) in [5.74, 6) is 0.287. The lowest BCUT2D eigenvalue weighted by atomic mass is 10.0. The molecule has 1 atom stereocenters. The lowest BCUT2D eigenvalue weighted by Crippen LogP contribution is -2.19. The highest BCUT2D eigenvalue weighted by Crippen LogP contribution is 2.30. The molecule has 1 aromatic heterocycles. The maximum absolute atomic E-state index is 14.1. The van der Waals surface area contributed by atoms with Crippen LogP contribution >= 0.6 is 0 Å². The number of halogens is 1. The number of methoxy groups -OCH3 is 1. The second kappa shape index (κ2) is 6.05. The van der Waals surface area contributed by atoms with Crippen LogP contribution in [0.5, 0.6) is 5.75 Å². The molecule has 5 heteroatoms. The molecule has 0 aliphatic rings. The summed E-state index contributed by atoms with van der Waals surface area (Å²) in [7, 11) is 1.56. The third-order valence-electron chi connectivity index (χ3n) is 3.29. The Labute approximate surface area is 118 Å². The number of hydrogen-bond acceptors (Lipinski definition) is 3. The monoisotopic (exact) mass is 277 g/mol. The van der Waals surface area contributed by atoms with Gasteiger partial charge in [-0.05, 0) is 25.0 Å². The second-order valence-electron chi connectivity index (χ2n) is 4.82. The first kappa shape index (κ1) is 14.5. The Morgan fingerprint density at radius 3 is 2.80 bits per heavy atom. The Morgan fingerprint density at radius 1 is 1.45 bits per heavy atom. The number of ether oxygens (including phenoxy) is 1. The molecule has 0 saturated heterocycles. The fraction of sp³-hybridized carbons (Fsp3) is 0.400. The summed E-state index contributed by atoms with van der Waals surface area (Å²) in [5.41, 5.74) is 8.26. The van der Waals surface area contributed by atoms with Gasteiger partial charge in [0, 0.05) is 12.1 Å². The minimum atomic E-state index is -0.598. The number of aromatic nitrogens is 2. The first-order chi connectivity index (χ1) is 9.58. The normalized spacial score (nSPS) is 12.4. The average molecular weight is 277 g/mol. The quantitative estimate of drug-likeness (QED) is 0.914. The van der Waals surface area contributed by atoms with Crippen LogP contribution < -0.4 is 10.5 Å². The van der Waals surface area contributed by atoms with Gasteiger partial charge in [-0.2, -0.15) is 5.10 Å².